The van der Waals surface area contributed by atoms with Gasteiger partial charge in [-0.05, 0) is 42.1 Å². The molecule has 1 atom stereocenters. The highest BCUT2D eigenvalue weighted by Gasteiger charge is 2.10. The van der Waals surface area contributed by atoms with E-state index in [2.05, 4.69) is 6.07 Å². The van der Waals surface area contributed by atoms with Crippen molar-refractivity contribution < 1.29 is 9.84 Å². The van der Waals surface area contributed by atoms with Crippen LogP contribution in [0.5, 0.6) is 5.75 Å². The number of benzene rings is 1. The molecule has 0 saturated heterocycles. The van der Waals surface area contributed by atoms with Crippen LogP contribution in [0.2, 0.25) is 5.02 Å². The Morgan fingerprint density at radius 1 is 1.22 bits per heavy atom. The van der Waals surface area contributed by atoms with Gasteiger partial charge in [0.25, 0.3) is 0 Å². The Morgan fingerprint density at radius 3 is 2.61 bits per heavy atom. The zero-order valence-electron chi connectivity index (χ0n) is 9.88. The van der Waals surface area contributed by atoms with Crippen LogP contribution in [-0.2, 0) is 6.42 Å². The maximum atomic E-state index is 9.35. The Kier molecular flexibility index (Phi) is 5.05. The lowest BCUT2D eigenvalue weighted by molar-refractivity contribution is 0.163. The molecular formula is C14H15ClO2S. The lowest BCUT2D eigenvalue weighted by Gasteiger charge is -2.14. The molecule has 18 heavy (non-hydrogen) atoms. The maximum Gasteiger partial charge on any atom is 0.119 e. The number of halogens is 1. The van der Waals surface area contributed by atoms with E-state index in [1.165, 1.54) is 4.88 Å². The summed E-state index contributed by atoms with van der Waals surface area (Å²) >= 11 is 7.51. The molecule has 1 heterocycles. The SMILES string of the molecule is OCC(COc1ccc(Cl)cc1)Cc1cccs1. The molecule has 0 aliphatic rings. The van der Waals surface area contributed by atoms with Crippen molar-refractivity contribution in [3.63, 3.8) is 0 Å². The summed E-state index contributed by atoms with van der Waals surface area (Å²) in [6.45, 7) is 0.640. The summed E-state index contributed by atoms with van der Waals surface area (Å²) in [5.74, 6) is 0.906. The maximum absolute atomic E-state index is 9.35. The minimum Gasteiger partial charge on any atom is -0.493 e. The van der Waals surface area contributed by atoms with E-state index in [1.807, 2.05) is 23.6 Å². The van der Waals surface area contributed by atoms with Crippen LogP contribution in [0.3, 0.4) is 0 Å². The predicted molar refractivity (Wildman–Crippen MR) is 75.5 cm³/mol. The quantitative estimate of drug-likeness (QED) is 0.877. The molecule has 1 aromatic carbocycles. The molecule has 0 aliphatic heterocycles. The van der Waals surface area contributed by atoms with Crippen LogP contribution in [0.4, 0.5) is 0 Å². The van der Waals surface area contributed by atoms with Gasteiger partial charge in [-0.15, -0.1) is 11.3 Å². The van der Waals surface area contributed by atoms with Gasteiger partial charge in [0.2, 0.25) is 0 Å². The molecule has 2 rings (SSSR count). The molecule has 96 valence electrons. The third kappa shape index (κ3) is 4.02. The molecular weight excluding hydrogens is 268 g/mol. The fraction of sp³-hybridized carbons (Fsp3) is 0.286. The smallest absolute Gasteiger partial charge is 0.119 e. The van der Waals surface area contributed by atoms with Crippen molar-refractivity contribution in [2.75, 3.05) is 13.2 Å². The first-order valence-corrected chi connectivity index (χ1v) is 7.05. The second-order valence-corrected chi connectivity index (χ2v) is 5.57. The van der Waals surface area contributed by atoms with Gasteiger partial charge in [0.1, 0.15) is 5.75 Å². The average molecular weight is 283 g/mol. The summed E-state index contributed by atoms with van der Waals surface area (Å²) in [6.07, 6.45) is 0.849. The van der Waals surface area contributed by atoms with Crippen LogP contribution in [0.15, 0.2) is 41.8 Å². The predicted octanol–water partition coefficient (Wildman–Crippen LogP) is 3.63. The summed E-state index contributed by atoms with van der Waals surface area (Å²) in [5, 5.41) is 12.1. The largest absolute Gasteiger partial charge is 0.493 e. The second-order valence-electron chi connectivity index (χ2n) is 4.10. The second kappa shape index (κ2) is 6.78. The average Bonchev–Trinajstić information content (AvgIpc) is 2.89. The molecule has 2 aromatic rings. The van der Waals surface area contributed by atoms with Crippen LogP contribution in [0.1, 0.15) is 4.88 Å². The Morgan fingerprint density at radius 2 is 2.00 bits per heavy atom. The summed E-state index contributed by atoms with van der Waals surface area (Å²) in [4.78, 5) is 1.27. The molecule has 0 spiro atoms. The van der Waals surface area contributed by atoms with Crippen LogP contribution in [0.25, 0.3) is 0 Å². The number of thiophene rings is 1. The Balaban J connectivity index is 1.85. The number of aliphatic hydroxyl groups excluding tert-OH is 1. The lowest BCUT2D eigenvalue weighted by atomic mass is 10.1. The normalized spacial score (nSPS) is 12.3. The number of aliphatic hydroxyl groups is 1. The van der Waals surface area contributed by atoms with Gasteiger partial charge in [0.15, 0.2) is 0 Å². The first kappa shape index (κ1) is 13.4. The zero-order chi connectivity index (χ0) is 12.8. The molecule has 1 aromatic heterocycles. The van der Waals surface area contributed by atoms with E-state index in [9.17, 15) is 5.11 Å². The van der Waals surface area contributed by atoms with Gasteiger partial charge in [-0.2, -0.15) is 0 Å². The van der Waals surface area contributed by atoms with E-state index in [1.54, 1.807) is 23.5 Å². The molecule has 2 nitrogen and oxygen atoms in total. The summed E-state index contributed by atoms with van der Waals surface area (Å²) < 4.78 is 5.65. The highest BCUT2D eigenvalue weighted by molar-refractivity contribution is 7.09. The fourth-order valence-corrected chi connectivity index (χ4v) is 2.58. The Labute approximate surface area is 116 Å². The van der Waals surface area contributed by atoms with Gasteiger partial charge in [-0.1, -0.05) is 17.7 Å². The number of hydrogen-bond acceptors (Lipinski definition) is 3. The van der Waals surface area contributed by atoms with Crippen molar-refractivity contribution in [1.82, 2.24) is 0 Å². The monoisotopic (exact) mass is 282 g/mol. The van der Waals surface area contributed by atoms with Gasteiger partial charge in [-0.25, -0.2) is 0 Å². The van der Waals surface area contributed by atoms with Gasteiger partial charge in [0, 0.05) is 22.4 Å². The lowest BCUT2D eigenvalue weighted by Crippen LogP contribution is -2.18. The van der Waals surface area contributed by atoms with Gasteiger partial charge < -0.3 is 9.84 Å². The Hall–Kier alpha value is -1.03. The molecule has 1 N–H and O–H groups in total. The minimum absolute atomic E-state index is 0.124. The number of ether oxygens (including phenoxy) is 1. The summed E-state index contributed by atoms with van der Waals surface area (Å²) in [6, 6.07) is 11.4. The summed E-state index contributed by atoms with van der Waals surface area (Å²) in [5.41, 5.74) is 0. The van der Waals surface area contributed by atoms with Gasteiger partial charge in [-0.3, -0.25) is 0 Å². The van der Waals surface area contributed by atoms with Crippen molar-refractivity contribution in [3.8, 4) is 5.75 Å². The molecule has 0 radical (unpaired) electrons. The van der Waals surface area contributed by atoms with Crippen LogP contribution in [0, 0.1) is 5.92 Å². The van der Waals surface area contributed by atoms with Crippen LogP contribution >= 0.6 is 22.9 Å². The highest BCUT2D eigenvalue weighted by Crippen LogP contribution is 2.18. The molecule has 4 heteroatoms. The first-order chi connectivity index (χ1) is 8.78. The number of hydrogen-bond donors (Lipinski definition) is 1. The van der Waals surface area contributed by atoms with Gasteiger partial charge in [0.05, 0.1) is 6.61 Å². The minimum atomic E-state index is 0.124. The molecule has 0 amide bonds. The van der Waals surface area contributed by atoms with Crippen molar-refractivity contribution in [2.45, 2.75) is 6.42 Å². The summed E-state index contributed by atoms with van der Waals surface area (Å²) in [7, 11) is 0. The molecule has 0 saturated carbocycles. The van der Waals surface area contributed by atoms with E-state index in [0.717, 1.165) is 12.2 Å². The highest BCUT2D eigenvalue weighted by atomic mass is 35.5. The zero-order valence-corrected chi connectivity index (χ0v) is 11.5. The van der Waals surface area contributed by atoms with E-state index < -0.39 is 0 Å². The third-order valence-electron chi connectivity index (χ3n) is 2.63. The van der Waals surface area contributed by atoms with Crippen LogP contribution in [-0.4, -0.2) is 18.3 Å². The Bertz CT molecular complexity index is 453. The molecule has 0 fully saturated rings. The third-order valence-corrected chi connectivity index (χ3v) is 3.78. The van der Waals surface area contributed by atoms with E-state index in [-0.39, 0.29) is 12.5 Å². The van der Waals surface area contributed by atoms with Gasteiger partial charge >= 0.3 is 0 Å². The molecule has 0 bridgehead atoms. The first-order valence-electron chi connectivity index (χ1n) is 5.79. The van der Waals surface area contributed by atoms with Crippen molar-refractivity contribution in [1.29, 1.82) is 0 Å². The molecule has 1 unspecified atom stereocenters. The topological polar surface area (TPSA) is 29.5 Å². The van der Waals surface area contributed by atoms with Crippen molar-refractivity contribution in [3.05, 3.63) is 51.7 Å². The van der Waals surface area contributed by atoms with Crippen molar-refractivity contribution >= 4 is 22.9 Å². The van der Waals surface area contributed by atoms with E-state index >= 15 is 0 Å². The van der Waals surface area contributed by atoms with E-state index in [0.29, 0.717) is 11.6 Å². The standard InChI is InChI=1S/C14H15ClO2S/c15-12-3-5-13(6-4-12)17-10-11(9-16)8-14-2-1-7-18-14/h1-7,11,16H,8-10H2. The van der Waals surface area contributed by atoms with E-state index in [4.69, 9.17) is 16.3 Å². The van der Waals surface area contributed by atoms with Crippen molar-refractivity contribution in [2.24, 2.45) is 5.92 Å². The molecule has 0 aliphatic carbocycles. The number of rotatable bonds is 6. The fourth-order valence-electron chi connectivity index (χ4n) is 1.63. The van der Waals surface area contributed by atoms with Crippen LogP contribution < -0.4 is 4.74 Å².